The van der Waals surface area contributed by atoms with Crippen LogP contribution in [-0.2, 0) is 0 Å². The molecule has 27 heavy (non-hydrogen) atoms. The summed E-state index contributed by atoms with van der Waals surface area (Å²) in [5.74, 6) is 0.786. The summed E-state index contributed by atoms with van der Waals surface area (Å²) < 4.78 is 13.1. The molecule has 4 aromatic rings. The Labute approximate surface area is 160 Å². The Morgan fingerprint density at radius 3 is 2.70 bits per heavy atom. The van der Waals surface area contributed by atoms with Crippen molar-refractivity contribution in [2.24, 2.45) is 0 Å². The zero-order valence-electron chi connectivity index (χ0n) is 15.3. The number of fused-ring (bicyclic) bond motifs is 4. The average Bonchev–Trinajstić information content (AvgIpc) is 3.03. The molecule has 5 rings (SSSR count). The van der Waals surface area contributed by atoms with Crippen LogP contribution in [0, 0.1) is 6.92 Å². The molecular formula is C23H18O3S. The summed E-state index contributed by atoms with van der Waals surface area (Å²) in [6.07, 6.45) is 4.20. The number of hydrogen-bond acceptors (Lipinski definition) is 4. The van der Waals surface area contributed by atoms with Gasteiger partial charge in [-0.3, -0.25) is 0 Å². The standard InChI is InChI=1S/C23H18O3S/c1-13-10-20(24)25-17-12-16(19-11-14-6-4-5-7-18(14)27-19)15-8-9-23(2,3)26-22(15)21(13)17/h4-12H,1-3H3. The SMILES string of the molecule is Cc1cc(=O)oc2cc(-c3cc4ccccc4s3)c3c(c12)OC(C)(C)C=C3. The van der Waals surface area contributed by atoms with E-state index in [2.05, 4.69) is 30.4 Å². The molecule has 0 fully saturated rings. The van der Waals surface area contributed by atoms with Gasteiger partial charge in [0.05, 0.1) is 5.39 Å². The van der Waals surface area contributed by atoms with E-state index in [4.69, 9.17) is 9.15 Å². The molecule has 2 aromatic heterocycles. The molecule has 0 saturated heterocycles. The van der Waals surface area contributed by atoms with Gasteiger partial charge < -0.3 is 9.15 Å². The van der Waals surface area contributed by atoms with E-state index < -0.39 is 5.60 Å². The summed E-state index contributed by atoms with van der Waals surface area (Å²) in [4.78, 5) is 13.1. The monoisotopic (exact) mass is 374 g/mol. The molecule has 1 aliphatic heterocycles. The van der Waals surface area contributed by atoms with Gasteiger partial charge in [0.2, 0.25) is 0 Å². The molecule has 0 unspecified atom stereocenters. The van der Waals surface area contributed by atoms with Crippen molar-refractivity contribution < 1.29 is 9.15 Å². The first kappa shape index (κ1) is 16.3. The predicted octanol–water partition coefficient (Wildman–Crippen LogP) is 6.17. The quantitative estimate of drug-likeness (QED) is 0.374. The molecule has 0 bridgehead atoms. The molecule has 1 aliphatic rings. The fraction of sp³-hybridized carbons (Fsp3) is 0.174. The smallest absolute Gasteiger partial charge is 0.336 e. The van der Waals surface area contributed by atoms with Gasteiger partial charge in [0.25, 0.3) is 0 Å². The highest BCUT2D eigenvalue weighted by molar-refractivity contribution is 7.22. The van der Waals surface area contributed by atoms with Gasteiger partial charge in [-0.1, -0.05) is 24.3 Å². The van der Waals surface area contributed by atoms with Gasteiger partial charge in [0, 0.05) is 26.8 Å². The number of ether oxygens (including phenoxy) is 1. The zero-order chi connectivity index (χ0) is 18.8. The van der Waals surface area contributed by atoms with Crippen LogP contribution >= 0.6 is 11.3 Å². The summed E-state index contributed by atoms with van der Waals surface area (Å²) in [6.45, 7) is 5.98. The lowest BCUT2D eigenvalue weighted by Gasteiger charge is -2.30. The largest absolute Gasteiger partial charge is 0.482 e. The van der Waals surface area contributed by atoms with Crippen molar-refractivity contribution in [2.45, 2.75) is 26.4 Å². The minimum Gasteiger partial charge on any atom is -0.482 e. The normalized spacial score (nSPS) is 15.1. The third-order valence-electron chi connectivity index (χ3n) is 4.93. The van der Waals surface area contributed by atoms with Crippen LogP contribution in [0.1, 0.15) is 25.0 Å². The maximum atomic E-state index is 12.0. The van der Waals surface area contributed by atoms with Crippen LogP contribution in [0.2, 0.25) is 0 Å². The first-order valence-electron chi connectivity index (χ1n) is 8.90. The van der Waals surface area contributed by atoms with Crippen LogP contribution in [0.4, 0.5) is 0 Å². The van der Waals surface area contributed by atoms with E-state index in [9.17, 15) is 4.79 Å². The van der Waals surface area contributed by atoms with Crippen LogP contribution in [-0.4, -0.2) is 5.60 Å². The molecule has 0 spiro atoms. The van der Waals surface area contributed by atoms with E-state index >= 15 is 0 Å². The van der Waals surface area contributed by atoms with Crippen LogP contribution in [0.25, 0.3) is 37.6 Å². The molecule has 4 heteroatoms. The first-order valence-corrected chi connectivity index (χ1v) is 9.72. The second-order valence-corrected chi connectivity index (χ2v) is 8.56. The summed E-state index contributed by atoms with van der Waals surface area (Å²) >= 11 is 1.73. The van der Waals surface area contributed by atoms with E-state index in [-0.39, 0.29) is 5.63 Å². The summed E-state index contributed by atoms with van der Waals surface area (Å²) in [5, 5.41) is 2.07. The van der Waals surface area contributed by atoms with Gasteiger partial charge in [-0.25, -0.2) is 4.79 Å². The highest BCUT2D eigenvalue weighted by Crippen LogP contribution is 2.46. The molecule has 3 heterocycles. The molecule has 2 aromatic carbocycles. The molecule has 0 atom stereocenters. The van der Waals surface area contributed by atoms with Crippen LogP contribution in [0.15, 0.2) is 57.8 Å². The molecule has 0 radical (unpaired) electrons. The van der Waals surface area contributed by atoms with Gasteiger partial charge >= 0.3 is 5.63 Å². The zero-order valence-corrected chi connectivity index (χ0v) is 16.1. The summed E-state index contributed by atoms with van der Waals surface area (Å²) in [7, 11) is 0. The number of thiophene rings is 1. The maximum absolute atomic E-state index is 12.0. The summed E-state index contributed by atoms with van der Waals surface area (Å²) in [6, 6.07) is 14.0. The van der Waals surface area contributed by atoms with Gasteiger partial charge in [0.15, 0.2) is 0 Å². The van der Waals surface area contributed by atoms with E-state index in [0.717, 1.165) is 32.7 Å². The lowest BCUT2D eigenvalue weighted by molar-refractivity contribution is 0.161. The molecule has 0 saturated carbocycles. The van der Waals surface area contributed by atoms with Crippen LogP contribution in [0.5, 0.6) is 5.75 Å². The second-order valence-electron chi connectivity index (χ2n) is 7.48. The van der Waals surface area contributed by atoms with Crippen LogP contribution < -0.4 is 10.4 Å². The predicted molar refractivity (Wildman–Crippen MR) is 112 cm³/mol. The number of aryl methyl sites for hydroxylation is 1. The van der Waals surface area contributed by atoms with Crippen molar-refractivity contribution in [3.05, 3.63) is 70.1 Å². The van der Waals surface area contributed by atoms with Crippen molar-refractivity contribution in [2.75, 3.05) is 0 Å². The van der Waals surface area contributed by atoms with Gasteiger partial charge in [-0.05, 0) is 56.0 Å². The molecule has 0 aliphatic carbocycles. The van der Waals surface area contributed by atoms with Crippen molar-refractivity contribution in [1.82, 2.24) is 0 Å². The van der Waals surface area contributed by atoms with E-state index in [1.54, 1.807) is 11.3 Å². The fourth-order valence-electron chi connectivity index (χ4n) is 3.66. The number of hydrogen-bond donors (Lipinski definition) is 0. The van der Waals surface area contributed by atoms with E-state index in [1.165, 1.54) is 16.2 Å². The van der Waals surface area contributed by atoms with Crippen LogP contribution in [0.3, 0.4) is 0 Å². The minimum absolute atomic E-state index is 0.340. The van der Waals surface area contributed by atoms with Gasteiger partial charge in [0.1, 0.15) is 16.9 Å². The third kappa shape index (κ3) is 2.60. The second kappa shape index (κ2) is 5.57. The van der Waals surface area contributed by atoms with Crippen molar-refractivity contribution in [3.8, 4) is 16.2 Å². The lowest BCUT2D eigenvalue weighted by Crippen LogP contribution is -2.28. The maximum Gasteiger partial charge on any atom is 0.336 e. The molecular weight excluding hydrogens is 356 g/mol. The lowest BCUT2D eigenvalue weighted by atomic mass is 9.94. The Morgan fingerprint density at radius 2 is 1.89 bits per heavy atom. The van der Waals surface area contributed by atoms with Crippen molar-refractivity contribution >= 4 is 38.5 Å². The van der Waals surface area contributed by atoms with E-state index in [1.807, 2.05) is 39.0 Å². The Hall–Kier alpha value is -2.85. The Morgan fingerprint density at radius 1 is 1.07 bits per heavy atom. The Balaban J connectivity index is 1.89. The highest BCUT2D eigenvalue weighted by atomic mass is 32.1. The van der Waals surface area contributed by atoms with Crippen molar-refractivity contribution in [1.29, 1.82) is 0 Å². The fourth-order valence-corrected chi connectivity index (χ4v) is 4.75. The third-order valence-corrected chi connectivity index (χ3v) is 6.08. The number of rotatable bonds is 1. The highest BCUT2D eigenvalue weighted by Gasteiger charge is 2.27. The Kier molecular flexibility index (Phi) is 3.37. The molecule has 3 nitrogen and oxygen atoms in total. The Bertz CT molecular complexity index is 1270. The molecule has 0 N–H and O–H groups in total. The van der Waals surface area contributed by atoms with Crippen molar-refractivity contribution in [3.63, 3.8) is 0 Å². The number of benzene rings is 2. The first-order chi connectivity index (χ1) is 12.9. The van der Waals surface area contributed by atoms with Gasteiger partial charge in [-0.15, -0.1) is 11.3 Å². The van der Waals surface area contributed by atoms with Gasteiger partial charge in [-0.2, -0.15) is 0 Å². The van der Waals surface area contributed by atoms with E-state index in [0.29, 0.717) is 5.58 Å². The minimum atomic E-state index is -0.415. The average molecular weight is 374 g/mol. The molecule has 134 valence electrons. The topological polar surface area (TPSA) is 39.4 Å². The summed E-state index contributed by atoms with van der Waals surface area (Å²) in [5.41, 5.74) is 2.74. The molecule has 0 amide bonds.